The summed E-state index contributed by atoms with van der Waals surface area (Å²) in [5, 5.41) is 0. The molecule has 0 spiro atoms. The summed E-state index contributed by atoms with van der Waals surface area (Å²) in [5.74, 6) is 1.08. The Morgan fingerprint density at radius 2 is 1.53 bits per heavy atom. The maximum atomic E-state index is 11.5. The van der Waals surface area contributed by atoms with Crippen LogP contribution < -0.4 is 9.47 Å². The topological polar surface area (TPSA) is 35.5 Å². The van der Waals surface area contributed by atoms with Gasteiger partial charge in [-0.15, -0.1) is 0 Å². The van der Waals surface area contributed by atoms with Crippen LogP contribution in [0.25, 0.3) is 0 Å². The van der Waals surface area contributed by atoms with Crippen LogP contribution in [-0.4, -0.2) is 5.97 Å². The van der Waals surface area contributed by atoms with Gasteiger partial charge in [-0.05, 0) is 31.2 Å². The molecule has 0 heterocycles. The summed E-state index contributed by atoms with van der Waals surface area (Å²) >= 11 is 0. The summed E-state index contributed by atoms with van der Waals surface area (Å²) in [5.41, 5.74) is 0.342. The Morgan fingerprint density at radius 1 is 0.947 bits per heavy atom. The van der Waals surface area contributed by atoms with E-state index in [1.807, 2.05) is 36.4 Å². The van der Waals surface area contributed by atoms with E-state index >= 15 is 0 Å². The van der Waals surface area contributed by atoms with E-state index in [9.17, 15) is 4.79 Å². The first-order valence-electron chi connectivity index (χ1n) is 5.86. The van der Waals surface area contributed by atoms with Crippen LogP contribution in [0, 0.1) is 0 Å². The van der Waals surface area contributed by atoms with Crippen LogP contribution in [0.2, 0.25) is 0 Å². The Bertz CT molecular complexity index is 588. The van der Waals surface area contributed by atoms with Gasteiger partial charge < -0.3 is 9.47 Å². The lowest BCUT2D eigenvalue weighted by atomic mass is 10.3. The first-order valence-corrected chi connectivity index (χ1v) is 5.86. The number of rotatable bonds is 4. The van der Waals surface area contributed by atoms with E-state index < -0.39 is 5.97 Å². The van der Waals surface area contributed by atoms with Crippen LogP contribution >= 0.6 is 0 Å². The van der Waals surface area contributed by atoms with Gasteiger partial charge in [0, 0.05) is 5.57 Å². The van der Waals surface area contributed by atoms with Gasteiger partial charge in [0.2, 0.25) is 0 Å². The molecule has 0 unspecified atom stereocenters. The van der Waals surface area contributed by atoms with Gasteiger partial charge in [-0.2, -0.15) is 0 Å². The van der Waals surface area contributed by atoms with Crippen LogP contribution in [0.5, 0.6) is 17.2 Å². The second-order valence-electron chi connectivity index (χ2n) is 4.03. The van der Waals surface area contributed by atoms with Crippen LogP contribution in [0.15, 0.2) is 66.7 Å². The molecule has 0 aromatic heterocycles. The van der Waals surface area contributed by atoms with Crippen molar-refractivity contribution in [1.82, 2.24) is 0 Å². The predicted octanol–water partition coefficient (Wildman–Crippen LogP) is 3.96. The quantitative estimate of drug-likeness (QED) is 0.470. The first-order chi connectivity index (χ1) is 9.16. The molecule has 96 valence electrons. The molecule has 0 radical (unpaired) electrons. The van der Waals surface area contributed by atoms with Crippen molar-refractivity contribution in [3.05, 3.63) is 66.7 Å². The molecule has 2 aromatic rings. The van der Waals surface area contributed by atoms with Gasteiger partial charge in [0.05, 0.1) is 0 Å². The molecule has 0 aliphatic heterocycles. The fourth-order valence-corrected chi connectivity index (χ4v) is 1.42. The number of ether oxygens (including phenoxy) is 2. The highest BCUT2D eigenvalue weighted by molar-refractivity contribution is 5.89. The molecule has 0 amide bonds. The van der Waals surface area contributed by atoms with Crippen LogP contribution in [-0.2, 0) is 4.79 Å². The van der Waals surface area contributed by atoms with E-state index in [-0.39, 0.29) is 0 Å². The van der Waals surface area contributed by atoms with E-state index in [1.54, 1.807) is 25.1 Å². The number of para-hydroxylation sites is 3. The molecule has 3 nitrogen and oxygen atoms in total. The summed E-state index contributed by atoms with van der Waals surface area (Å²) in [6.07, 6.45) is 0. The average molecular weight is 254 g/mol. The lowest BCUT2D eigenvalue weighted by Gasteiger charge is -2.10. The van der Waals surface area contributed by atoms with Crippen LogP contribution in [0.1, 0.15) is 6.92 Å². The monoisotopic (exact) mass is 254 g/mol. The zero-order valence-corrected chi connectivity index (χ0v) is 10.6. The maximum absolute atomic E-state index is 11.5. The normalized spacial score (nSPS) is 9.74. The average Bonchev–Trinajstić information content (AvgIpc) is 2.42. The van der Waals surface area contributed by atoms with Crippen molar-refractivity contribution in [3.63, 3.8) is 0 Å². The van der Waals surface area contributed by atoms with E-state index in [0.717, 1.165) is 0 Å². The highest BCUT2D eigenvalue weighted by atomic mass is 16.6. The van der Waals surface area contributed by atoms with Gasteiger partial charge >= 0.3 is 5.97 Å². The number of hydrogen-bond donors (Lipinski definition) is 0. The molecule has 0 saturated carbocycles. The van der Waals surface area contributed by atoms with Gasteiger partial charge in [0.25, 0.3) is 0 Å². The third kappa shape index (κ3) is 3.45. The molecule has 19 heavy (non-hydrogen) atoms. The number of hydrogen-bond acceptors (Lipinski definition) is 3. The number of esters is 1. The van der Waals surface area contributed by atoms with E-state index in [2.05, 4.69) is 6.58 Å². The largest absolute Gasteiger partial charge is 0.453 e. The molecule has 2 aromatic carbocycles. The van der Waals surface area contributed by atoms with Crippen molar-refractivity contribution in [2.75, 3.05) is 0 Å². The van der Waals surface area contributed by atoms with Gasteiger partial charge in [-0.1, -0.05) is 36.9 Å². The minimum absolute atomic E-state index is 0.342. The molecule has 0 fully saturated rings. The number of carbonyl (C=O) groups is 1. The van der Waals surface area contributed by atoms with Crippen molar-refractivity contribution in [3.8, 4) is 17.2 Å². The number of carbonyl (C=O) groups excluding carboxylic acids is 1. The van der Waals surface area contributed by atoms with E-state index in [1.165, 1.54) is 0 Å². The van der Waals surface area contributed by atoms with Gasteiger partial charge in [0.15, 0.2) is 11.5 Å². The number of benzene rings is 2. The maximum Gasteiger partial charge on any atom is 0.338 e. The summed E-state index contributed by atoms with van der Waals surface area (Å²) < 4.78 is 10.9. The Balaban J connectivity index is 2.21. The predicted molar refractivity (Wildman–Crippen MR) is 73.4 cm³/mol. The zero-order valence-electron chi connectivity index (χ0n) is 10.6. The molecular formula is C16H14O3. The summed E-state index contributed by atoms with van der Waals surface area (Å²) in [7, 11) is 0. The molecule has 0 aliphatic carbocycles. The van der Waals surface area contributed by atoms with E-state index in [4.69, 9.17) is 9.47 Å². The molecule has 0 aliphatic rings. The third-order valence-corrected chi connectivity index (χ3v) is 2.37. The Morgan fingerprint density at radius 3 is 2.16 bits per heavy atom. The SMILES string of the molecule is C=C(C)C(=O)Oc1ccccc1Oc1ccccc1. The molecule has 0 saturated heterocycles. The highest BCUT2D eigenvalue weighted by Gasteiger charge is 2.10. The third-order valence-electron chi connectivity index (χ3n) is 2.37. The molecule has 0 bridgehead atoms. The van der Waals surface area contributed by atoms with Crippen LogP contribution in [0.4, 0.5) is 0 Å². The van der Waals surface area contributed by atoms with Crippen molar-refractivity contribution < 1.29 is 14.3 Å². The molecular weight excluding hydrogens is 240 g/mol. The Kier molecular flexibility index (Phi) is 3.98. The molecule has 0 N–H and O–H groups in total. The smallest absolute Gasteiger partial charge is 0.338 e. The summed E-state index contributed by atoms with van der Waals surface area (Å²) in [6, 6.07) is 16.3. The van der Waals surface area contributed by atoms with Gasteiger partial charge in [-0.3, -0.25) is 0 Å². The minimum Gasteiger partial charge on any atom is -0.453 e. The lowest BCUT2D eigenvalue weighted by molar-refractivity contribution is -0.130. The second-order valence-corrected chi connectivity index (χ2v) is 4.03. The second kappa shape index (κ2) is 5.87. The molecule has 0 atom stereocenters. The van der Waals surface area contributed by atoms with Crippen LogP contribution in [0.3, 0.4) is 0 Å². The molecule has 2 rings (SSSR count). The highest BCUT2D eigenvalue weighted by Crippen LogP contribution is 2.31. The molecule has 3 heteroatoms. The van der Waals surface area contributed by atoms with Crippen molar-refractivity contribution in [1.29, 1.82) is 0 Å². The van der Waals surface area contributed by atoms with Gasteiger partial charge in [-0.25, -0.2) is 4.79 Å². The summed E-state index contributed by atoms with van der Waals surface area (Å²) in [4.78, 5) is 11.5. The Labute approximate surface area is 112 Å². The van der Waals surface area contributed by atoms with Crippen molar-refractivity contribution in [2.45, 2.75) is 6.92 Å². The fraction of sp³-hybridized carbons (Fsp3) is 0.0625. The standard InChI is InChI=1S/C16H14O3/c1-12(2)16(17)19-15-11-7-6-10-14(15)18-13-8-4-3-5-9-13/h3-11H,1H2,2H3. The lowest BCUT2D eigenvalue weighted by Crippen LogP contribution is -2.08. The minimum atomic E-state index is -0.468. The fourth-order valence-electron chi connectivity index (χ4n) is 1.42. The summed E-state index contributed by atoms with van der Waals surface area (Å²) in [6.45, 7) is 5.15. The van der Waals surface area contributed by atoms with E-state index in [0.29, 0.717) is 22.8 Å². The zero-order chi connectivity index (χ0) is 13.7. The van der Waals surface area contributed by atoms with Gasteiger partial charge in [0.1, 0.15) is 5.75 Å². The van der Waals surface area contributed by atoms with Crippen molar-refractivity contribution in [2.24, 2.45) is 0 Å². The first kappa shape index (κ1) is 12.9. The Hall–Kier alpha value is -2.55. The van der Waals surface area contributed by atoms with Crippen molar-refractivity contribution >= 4 is 5.97 Å².